The first-order chi connectivity index (χ1) is 12.9. The third-order valence-electron chi connectivity index (χ3n) is 6.29. The number of piperidine rings is 1. The van der Waals surface area contributed by atoms with Crippen molar-refractivity contribution in [3.63, 3.8) is 0 Å². The minimum atomic E-state index is -0.865. The minimum absolute atomic E-state index is 0.00456. The lowest BCUT2D eigenvalue weighted by Gasteiger charge is -2.39. The highest BCUT2D eigenvalue weighted by Gasteiger charge is 2.55. The SMILES string of the molecule is COc1ccc2cc(C(=O)N3C[C@@H]4CCN(C)C[C@]4(C(=O)O)C3)n(C)c2c1. The van der Waals surface area contributed by atoms with Crippen LogP contribution in [0.25, 0.3) is 10.9 Å². The van der Waals surface area contributed by atoms with Crippen LogP contribution in [0.2, 0.25) is 0 Å². The van der Waals surface area contributed by atoms with Gasteiger partial charge in [0.25, 0.3) is 5.91 Å². The van der Waals surface area contributed by atoms with Crippen molar-refractivity contribution in [2.75, 3.05) is 40.3 Å². The molecule has 0 aliphatic carbocycles. The highest BCUT2D eigenvalue weighted by molar-refractivity contribution is 5.99. The summed E-state index contributed by atoms with van der Waals surface area (Å²) in [5, 5.41) is 10.9. The van der Waals surface area contributed by atoms with Gasteiger partial charge in [-0.3, -0.25) is 9.59 Å². The molecule has 2 aliphatic rings. The van der Waals surface area contributed by atoms with Crippen molar-refractivity contribution in [3.8, 4) is 5.75 Å². The second kappa shape index (κ2) is 6.27. The Labute approximate surface area is 158 Å². The number of hydrogen-bond acceptors (Lipinski definition) is 4. The molecule has 3 heterocycles. The van der Waals surface area contributed by atoms with Gasteiger partial charge in [0.15, 0.2) is 0 Å². The van der Waals surface area contributed by atoms with Gasteiger partial charge in [0, 0.05) is 38.1 Å². The lowest BCUT2D eigenvalue weighted by Crippen LogP contribution is -2.52. The number of hydrogen-bond donors (Lipinski definition) is 1. The number of amides is 1. The number of likely N-dealkylation sites (tertiary alicyclic amines) is 2. The summed E-state index contributed by atoms with van der Waals surface area (Å²) in [6.45, 7) is 2.13. The first-order valence-corrected chi connectivity index (χ1v) is 9.20. The summed E-state index contributed by atoms with van der Waals surface area (Å²) in [5.41, 5.74) is 0.629. The van der Waals surface area contributed by atoms with Crippen molar-refractivity contribution in [3.05, 3.63) is 30.0 Å². The summed E-state index contributed by atoms with van der Waals surface area (Å²) >= 11 is 0. The molecule has 2 aromatic rings. The summed E-state index contributed by atoms with van der Waals surface area (Å²) in [4.78, 5) is 29.1. The van der Waals surface area contributed by atoms with E-state index in [2.05, 4.69) is 4.90 Å². The number of carboxylic acid groups (broad SMARTS) is 1. The molecule has 4 rings (SSSR count). The zero-order valence-electron chi connectivity index (χ0n) is 15.9. The van der Waals surface area contributed by atoms with E-state index >= 15 is 0 Å². The van der Waals surface area contributed by atoms with Gasteiger partial charge in [-0.2, -0.15) is 0 Å². The second-order valence-electron chi connectivity index (χ2n) is 7.88. The van der Waals surface area contributed by atoms with Crippen molar-refractivity contribution in [2.45, 2.75) is 6.42 Å². The second-order valence-corrected chi connectivity index (χ2v) is 7.88. The molecule has 1 N–H and O–H groups in total. The van der Waals surface area contributed by atoms with Gasteiger partial charge in [-0.25, -0.2) is 0 Å². The summed E-state index contributed by atoms with van der Waals surface area (Å²) in [5.74, 6) is -0.158. The van der Waals surface area contributed by atoms with E-state index in [1.54, 1.807) is 12.0 Å². The molecule has 1 aromatic heterocycles. The average Bonchev–Trinajstić information content (AvgIpc) is 3.19. The quantitative estimate of drug-likeness (QED) is 0.888. The Kier molecular flexibility index (Phi) is 4.14. The van der Waals surface area contributed by atoms with Crippen LogP contribution >= 0.6 is 0 Å². The molecule has 7 nitrogen and oxygen atoms in total. The first kappa shape index (κ1) is 17.9. The molecule has 0 bridgehead atoms. The molecule has 0 unspecified atom stereocenters. The predicted molar refractivity (Wildman–Crippen MR) is 101 cm³/mol. The zero-order chi connectivity index (χ0) is 19.3. The number of aromatic nitrogens is 1. The molecule has 27 heavy (non-hydrogen) atoms. The fraction of sp³-hybridized carbons (Fsp3) is 0.500. The third-order valence-corrected chi connectivity index (χ3v) is 6.29. The number of benzene rings is 1. The predicted octanol–water partition coefficient (Wildman–Crippen LogP) is 1.67. The van der Waals surface area contributed by atoms with Crippen LogP contribution in [0.15, 0.2) is 24.3 Å². The summed E-state index contributed by atoms with van der Waals surface area (Å²) in [7, 11) is 5.42. The average molecular weight is 371 g/mol. The minimum Gasteiger partial charge on any atom is -0.497 e. The van der Waals surface area contributed by atoms with E-state index in [0.29, 0.717) is 18.8 Å². The first-order valence-electron chi connectivity index (χ1n) is 9.20. The van der Waals surface area contributed by atoms with Gasteiger partial charge >= 0.3 is 5.97 Å². The van der Waals surface area contributed by atoms with Crippen LogP contribution in [0, 0.1) is 11.3 Å². The van der Waals surface area contributed by atoms with Gasteiger partial charge in [-0.15, -0.1) is 0 Å². The maximum atomic E-state index is 13.2. The van der Waals surface area contributed by atoms with Crippen molar-refractivity contribution in [1.82, 2.24) is 14.4 Å². The lowest BCUT2D eigenvalue weighted by atomic mass is 9.73. The molecule has 2 fully saturated rings. The normalized spacial score (nSPS) is 25.6. The van der Waals surface area contributed by atoms with Crippen LogP contribution in [0.5, 0.6) is 5.75 Å². The fourth-order valence-corrected chi connectivity index (χ4v) is 4.73. The van der Waals surface area contributed by atoms with E-state index in [1.165, 1.54) is 0 Å². The maximum Gasteiger partial charge on any atom is 0.313 e. The Morgan fingerprint density at radius 3 is 2.70 bits per heavy atom. The van der Waals surface area contributed by atoms with Crippen molar-refractivity contribution >= 4 is 22.8 Å². The van der Waals surface area contributed by atoms with Gasteiger partial charge < -0.3 is 24.2 Å². The van der Waals surface area contributed by atoms with E-state index in [4.69, 9.17) is 4.74 Å². The van der Waals surface area contributed by atoms with E-state index in [0.717, 1.165) is 29.6 Å². The van der Waals surface area contributed by atoms with Crippen LogP contribution in [0.3, 0.4) is 0 Å². The summed E-state index contributed by atoms with van der Waals surface area (Å²) in [6.07, 6.45) is 0.804. The van der Waals surface area contributed by atoms with Crippen LogP contribution in [0.1, 0.15) is 16.9 Å². The fourth-order valence-electron chi connectivity index (χ4n) is 4.73. The molecule has 144 valence electrons. The number of carbonyl (C=O) groups excluding carboxylic acids is 1. The molecule has 0 saturated carbocycles. The molecule has 1 aromatic carbocycles. The van der Waals surface area contributed by atoms with Crippen molar-refractivity contribution in [2.24, 2.45) is 18.4 Å². The van der Waals surface area contributed by atoms with Crippen LogP contribution in [0.4, 0.5) is 0 Å². The molecule has 1 amide bonds. The Morgan fingerprint density at radius 2 is 2.00 bits per heavy atom. The van der Waals surface area contributed by atoms with Crippen LogP contribution < -0.4 is 4.74 Å². The smallest absolute Gasteiger partial charge is 0.313 e. The largest absolute Gasteiger partial charge is 0.497 e. The number of carboxylic acids is 1. The lowest BCUT2D eigenvalue weighted by molar-refractivity contribution is -0.153. The number of methoxy groups -OCH3 is 1. The molecule has 2 aliphatic heterocycles. The van der Waals surface area contributed by atoms with Gasteiger partial charge in [-0.05, 0) is 44.1 Å². The highest BCUT2D eigenvalue weighted by Crippen LogP contribution is 2.42. The maximum absolute atomic E-state index is 13.2. The van der Waals surface area contributed by atoms with E-state index in [1.807, 2.05) is 42.9 Å². The number of carbonyl (C=O) groups is 2. The molecule has 0 spiro atoms. The van der Waals surface area contributed by atoms with Gasteiger partial charge in [-0.1, -0.05) is 0 Å². The molecular formula is C20H25N3O4. The van der Waals surface area contributed by atoms with Gasteiger partial charge in [0.05, 0.1) is 12.6 Å². The number of aryl methyl sites for hydroxylation is 1. The Morgan fingerprint density at radius 1 is 1.22 bits per heavy atom. The molecule has 0 radical (unpaired) electrons. The van der Waals surface area contributed by atoms with Crippen LogP contribution in [-0.2, 0) is 11.8 Å². The van der Waals surface area contributed by atoms with Gasteiger partial charge in [0.2, 0.25) is 0 Å². The Hall–Kier alpha value is -2.54. The Balaban J connectivity index is 1.67. The zero-order valence-corrected chi connectivity index (χ0v) is 15.9. The van der Waals surface area contributed by atoms with E-state index in [9.17, 15) is 14.7 Å². The topological polar surface area (TPSA) is 75.0 Å². The van der Waals surface area contributed by atoms with E-state index in [-0.39, 0.29) is 18.4 Å². The van der Waals surface area contributed by atoms with Gasteiger partial charge in [0.1, 0.15) is 16.9 Å². The monoisotopic (exact) mass is 371 g/mol. The third kappa shape index (κ3) is 2.68. The summed E-state index contributed by atoms with van der Waals surface area (Å²) in [6, 6.07) is 7.58. The number of fused-ring (bicyclic) bond motifs is 2. The Bertz CT molecular complexity index is 921. The van der Waals surface area contributed by atoms with Crippen molar-refractivity contribution < 1.29 is 19.4 Å². The standard InChI is InChI=1S/C20H25N3O4/c1-21-7-6-14-10-23(12-20(14,11-21)19(25)26)18(24)17-8-13-4-5-15(27-3)9-16(13)22(17)2/h4-5,8-9,14H,6-7,10-12H2,1-3H3,(H,25,26)/t14-,20-/m0/s1. The number of ether oxygens (including phenoxy) is 1. The van der Waals surface area contributed by atoms with Crippen molar-refractivity contribution in [1.29, 1.82) is 0 Å². The molecule has 2 atom stereocenters. The summed E-state index contributed by atoms with van der Waals surface area (Å²) < 4.78 is 7.14. The number of rotatable bonds is 3. The number of nitrogens with zero attached hydrogens (tertiary/aromatic N) is 3. The van der Waals surface area contributed by atoms with E-state index < -0.39 is 11.4 Å². The highest BCUT2D eigenvalue weighted by atomic mass is 16.5. The molecular weight excluding hydrogens is 346 g/mol. The molecule has 7 heteroatoms. The number of aliphatic carboxylic acids is 1. The van der Waals surface area contributed by atoms with Crippen LogP contribution in [-0.4, -0.2) is 71.7 Å². The molecule has 2 saturated heterocycles.